The summed E-state index contributed by atoms with van der Waals surface area (Å²) in [5.41, 5.74) is 7.28. The summed E-state index contributed by atoms with van der Waals surface area (Å²) in [4.78, 5) is 11.0. The molecule has 0 bridgehead atoms. The van der Waals surface area contributed by atoms with Gasteiger partial charge in [-0.05, 0) is 44.2 Å². The van der Waals surface area contributed by atoms with E-state index in [2.05, 4.69) is 14.9 Å². The molecule has 4 heteroatoms. The fourth-order valence-corrected chi connectivity index (χ4v) is 3.66. The van der Waals surface area contributed by atoms with E-state index in [1.807, 2.05) is 0 Å². The number of piperidine rings is 1. The van der Waals surface area contributed by atoms with Crippen molar-refractivity contribution in [1.82, 2.24) is 14.9 Å². The zero-order valence-electron chi connectivity index (χ0n) is 11.6. The number of hydrogen-bond donors (Lipinski definition) is 1. The average molecular weight is 260 g/mol. The Morgan fingerprint density at radius 3 is 2.37 bits per heavy atom. The predicted molar refractivity (Wildman–Crippen MR) is 76.5 cm³/mol. The summed E-state index contributed by atoms with van der Waals surface area (Å²) in [6.07, 6.45) is 13.5. The first kappa shape index (κ1) is 12.9. The van der Waals surface area contributed by atoms with Crippen LogP contribution < -0.4 is 5.73 Å². The molecular weight excluding hydrogens is 236 g/mol. The number of nitrogens with two attached hydrogens (primary N) is 1. The van der Waals surface area contributed by atoms with Gasteiger partial charge in [0, 0.05) is 6.54 Å². The number of anilines is 1. The molecule has 2 N–H and O–H groups in total. The molecule has 1 spiro atoms. The lowest BCUT2D eigenvalue weighted by Crippen LogP contribution is -2.40. The molecule has 2 heterocycles. The lowest BCUT2D eigenvalue weighted by Gasteiger charge is -2.44. The van der Waals surface area contributed by atoms with Crippen LogP contribution in [0, 0.1) is 5.41 Å². The molecule has 1 aromatic heterocycles. The number of likely N-dealkylation sites (tertiary alicyclic amines) is 1. The van der Waals surface area contributed by atoms with E-state index < -0.39 is 0 Å². The minimum Gasteiger partial charge on any atom is -0.382 e. The van der Waals surface area contributed by atoms with Gasteiger partial charge in [0.25, 0.3) is 0 Å². The first-order chi connectivity index (χ1) is 9.26. The molecule has 2 aliphatic rings. The SMILES string of the molecule is Nc1cnc(CN2CCC3(CCCCC3)CC2)cn1. The van der Waals surface area contributed by atoms with Crippen LogP contribution in [-0.2, 0) is 6.54 Å². The normalized spacial score (nSPS) is 23.6. The summed E-state index contributed by atoms with van der Waals surface area (Å²) < 4.78 is 0. The number of hydrogen-bond acceptors (Lipinski definition) is 4. The number of nitrogen functional groups attached to an aromatic ring is 1. The summed E-state index contributed by atoms with van der Waals surface area (Å²) >= 11 is 0. The second-order valence-corrected chi connectivity index (χ2v) is 6.27. The summed E-state index contributed by atoms with van der Waals surface area (Å²) in [6, 6.07) is 0. The van der Waals surface area contributed by atoms with Crippen LogP contribution in [0.25, 0.3) is 0 Å². The molecule has 2 fully saturated rings. The molecule has 1 saturated heterocycles. The highest BCUT2D eigenvalue weighted by Gasteiger charge is 2.35. The van der Waals surface area contributed by atoms with Gasteiger partial charge in [-0.1, -0.05) is 19.3 Å². The fourth-order valence-electron chi connectivity index (χ4n) is 3.66. The van der Waals surface area contributed by atoms with Gasteiger partial charge in [-0.15, -0.1) is 0 Å². The van der Waals surface area contributed by atoms with Crippen molar-refractivity contribution in [2.24, 2.45) is 5.41 Å². The van der Waals surface area contributed by atoms with Crippen LogP contribution in [-0.4, -0.2) is 28.0 Å². The fraction of sp³-hybridized carbons (Fsp3) is 0.733. The van der Waals surface area contributed by atoms with Crippen molar-refractivity contribution in [3.05, 3.63) is 18.1 Å². The van der Waals surface area contributed by atoms with Crippen molar-refractivity contribution in [2.45, 2.75) is 51.5 Å². The van der Waals surface area contributed by atoms with Crippen molar-refractivity contribution in [1.29, 1.82) is 0 Å². The van der Waals surface area contributed by atoms with Crippen LogP contribution in [0.3, 0.4) is 0 Å². The van der Waals surface area contributed by atoms with Gasteiger partial charge in [0.15, 0.2) is 0 Å². The molecule has 1 saturated carbocycles. The lowest BCUT2D eigenvalue weighted by atomic mass is 9.68. The molecule has 0 atom stereocenters. The van der Waals surface area contributed by atoms with Crippen LogP contribution in [0.4, 0.5) is 5.82 Å². The first-order valence-corrected chi connectivity index (χ1v) is 7.55. The minimum atomic E-state index is 0.503. The molecule has 0 radical (unpaired) electrons. The molecule has 1 aromatic rings. The van der Waals surface area contributed by atoms with Gasteiger partial charge in [0.05, 0.1) is 18.1 Å². The predicted octanol–water partition coefficient (Wildman–Crippen LogP) is 2.61. The quantitative estimate of drug-likeness (QED) is 0.888. The van der Waals surface area contributed by atoms with Crippen molar-refractivity contribution < 1.29 is 0 Å². The number of aromatic nitrogens is 2. The molecular formula is C15H24N4. The molecule has 3 rings (SSSR count). The second-order valence-electron chi connectivity index (χ2n) is 6.27. The van der Waals surface area contributed by atoms with E-state index in [4.69, 9.17) is 5.73 Å². The van der Waals surface area contributed by atoms with Crippen LogP contribution in [0.5, 0.6) is 0 Å². The zero-order valence-corrected chi connectivity index (χ0v) is 11.6. The molecule has 1 aliphatic heterocycles. The van der Waals surface area contributed by atoms with E-state index in [1.165, 1.54) is 58.0 Å². The number of nitrogens with zero attached hydrogens (tertiary/aromatic N) is 3. The highest BCUT2D eigenvalue weighted by Crippen LogP contribution is 2.44. The summed E-state index contributed by atoms with van der Waals surface area (Å²) in [5.74, 6) is 0.503. The maximum absolute atomic E-state index is 5.57. The third kappa shape index (κ3) is 3.06. The lowest BCUT2D eigenvalue weighted by molar-refractivity contribution is 0.0635. The van der Waals surface area contributed by atoms with Crippen molar-refractivity contribution in [3.8, 4) is 0 Å². The van der Waals surface area contributed by atoms with Gasteiger partial charge in [-0.25, -0.2) is 4.98 Å². The monoisotopic (exact) mass is 260 g/mol. The Kier molecular flexibility index (Phi) is 3.69. The zero-order chi connectivity index (χ0) is 13.1. The Morgan fingerprint density at radius 2 is 1.74 bits per heavy atom. The Hall–Kier alpha value is -1.16. The molecule has 19 heavy (non-hydrogen) atoms. The molecule has 104 valence electrons. The maximum atomic E-state index is 5.57. The molecule has 1 aliphatic carbocycles. The molecule has 4 nitrogen and oxygen atoms in total. The summed E-state index contributed by atoms with van der Waals surface area (Å²) in [5, 5.41) is 0. The maximum Gasteiger partial charge on any atom is 0.141 e. The van der Waals surface area contributed by atoms with Gasteiger partial charge in [-0.2, -0.15) is 0 Å². The van der Waals surface area contributed by atoms with Gasteiger partial charge in [0.2, 0.25) is 0 Å². The van der Waals surface area contributed by atoms with E-state index in [9.17, 15) is 0 Å². The van der Waals surface area contributed by atoms with E-state index in [-0.39, 0.29) is 0 Å². The largest absolute Gasteiger partial charge is 0.382 e. The van der Waals surface area contributed by atoms with Crippen molar-refractivity contribution >= 4 is 5.82 Å². The van der Waals surface area contributed by atoms with Crippen molar-refractivity contribution in [3.63, 3.8) is 0 Å². The highest BCUT2D eigenvalue weighted by molar-refractivity contribution is 5.22. The second kappa shape index (κ2) is 5.45. The van der Waals surface area contributed by atoms with Gasteiger partial charge < -0.3 is 5.73 Å². The van der Waals surface area contributed by atoms with E-state index >= 15 is 0 Å². The Bertz CT molecular complexity index is 399. The molecule has 0 aromatic carbocycles. The minimum absolute atomic E-state index is 0.503. The Labute approximate surface area is 115 Å². The van der Waals surface area contributed by atoms with Crippen LogP contribution in [0.15, 0.2) is 12.4 Å². The van der Waals surface area contributed by atoms with Gasteiger partial charge in [0.1, 0.15) is 5.82 Å². The smallest absolute Gasteiger partial charge is 0.141 e. The molecule has 0 amide bonds. The average Bonchev–Trinajstić information content (AvgIpc) is 2.45. The Morgan fingerprint density at radius 1 is 1.00 bits per heavy atom. The van der Waals surface area contributed by atoms with Crippen LogP contribution in [0.1, 0.15) is 50.6 Å². The highest BCUT2D eigenvalue weighted by atomic mass is 15.1. The summed E-state index contributed by atoms with van der Waals surface area (Å²) in [6.45, 7) is 3.35. The van der Waals surface area contributed by atoms with E-state index in [0.29, 0.717) is 11.2 Å². The van der Waals surface area contributed by atoms with Crippen LogP contribution in [0.2, 0.25) is 0 Å². The summed E-state index contributed by atoms with van der Waals surface area (Å²) in [7, 11) is 0. The van der Waals surface area contributed by atoms with Gasteiger partial charge in [-0.3, -0.25) is 9.88 Å². The third-order valence-electron chi connectivity index (χ3n) is 4.94. The molecule has 0 unspecified atom stereocenters. The third-order valence-corrected chi connectivity index (χ3v) is 4.94. The number of rotatable bonds is 2. The first-order valence-electron chi connectivity index (χ1n) is 7.55. The standard InChI is InChI=1S/C15H24N4/c16-14-11-17-13(10-18-14)12-19-8-6-15(7-9-19)4-2-1-3-5-15/h10-11H,1-9,12H2,(H2,16,18). The van der Waals surface area contributed by atoms with E-state index in [0.717, 1.165) is 12.2 Å². The van der Waals surface area contributed by atoms with Crippen LogP contribution >= 0.6 is 0 Å². The van der Waals surface area contributed by atoms with Gasteiger partial charge >= 0.3 is 0 Å². The van der Waals surface area contributed by atoms with Crippen molar-refractivity contribution in [2.75, 3.05) is 18.8 Å². The van der Waals surface area contributed by atoms with E-state index in [1.54, 1.807) is 12.4 Å². The topological polar surface area (TPSA) is 55.0 Å². The Balaban J connectivity index is 1.54.